The molecule has 1 aromatic rings. The lowest BCUT2D eigenvalue weighted by Gasteiger charge is -2.36. The van der Waals surface area contributed by atoms with Gasteiger partial charge in [0.25, 0.3) is 0 Å². The molecule has 102 valence electrons. The summed E-state index contributed by atoms with van der Waals surface area (Å²) in [7, 11) is 1.62. The van der Waals surface area contributed by atoms with Gasteiger partial charge in [0.1, 0.15) is 23.4 Å². The number of ether oxygens (including phenoxy) is 2. The number of carbonyl (C=O) groups excluding carboxylic acids is 1. The fraction of sp³-hybridized carbons (Fsp3) is 0.533. The molecule has 3 atom stereocenters. The summed E-state index contributed by atoms with van der Waals surface area (Å²) in [5.41, 5.74) is 0.670. The maximum absolute atomic E-state index is 12.5. The Morgan fingerprint density at radius 1 is 1.47 bits per heavy atom. The van der Waals surface area contributed by atoms with E-state index in [9.17, 15) is 9.90 Å². The number of ketones is 1. The van der Waals surface area contributed by atoms with Gasteiger partial charge >= 0.3 is 0 Å². The number of aryl methyl sites for hydroxylation is 1. The predicted molar refractivity (Wildman–Crippen MR) is 69.6 cm³/mol. The molecule has 0 radical (unpaired) electrons. The summed E-state index contributed by atoms with van der Waals surface area (Å²) < 4.78 is 11.2. The van der Waals surface area contributed by atoms with Crippen molar-refractivity contribution in [1.29, 1.82) is 0 Å². The Balaban J connectivity index is 2.13. The smallest absolute Gasteiger partial charge is 0.149 e. The lowest BCUT2D eigenvalue weighted by atomic mass is 9.68. The molecule has 3 rings (SSSR count). The first-order valence-corrected chi connectivity index (χ1v) is 6.54. The molecule has 0 amide bonds. The van der Waals surface area contributed by atoms with Crippen molar-refractivity contribution in [3.63, 3.8) is 0 Å². The standard InChI is InChI=1S/C15H18O4/c1-8-4-5-10-13(14(8)17)15(2)11(16)6-9(18-3)7-12(15)19-10/h4-5,9,12,17H,6-7H2,1-3H3/t9-,12+,15-/m0/s1. The molecular weight excluding hydrogens is 244 g/mol. The molecule has 2 aliphatic rings. The van der Waals surface area contributed by atoms with Crippen LogP contribution in [0.1, 0.15) is 30.9 Å². The second-order valence-electron chi connectivity index (χ2n) is 5.63. The summed E-state index contributed by atoms with van der Waals surface area (Å²) in [6.07, 6.45) is 0.704. The molecule has 1 fully saturated rings. The van der Waals surface area contributed by atoms with Crippen LogP contribution in [0.2, 0.25) is 0 Å². The second kappa shape index (κ2) is 3.97. The SMILES string of the molecule is CO[C@H]1CC(=O)[C@]2(C)c3c(ccc(C)c3O)O[C@@H]2C1. The highest BCUT2D eigenvalue weighted by Crippen LogP contribution is 2.52. The van der Waals surface area contributed by atoms with Crippen LogP contribution in [0.25, 0.3) is 0 Å². The lowest BCUT2D eigenvalue weighted by molar-refractivity contribution is -0.134. The molecule has 19 heavy (non-hydrogen) atoms. The number of phenols is 1. The molecule has 0 spiro atoms. The van der Waals surface area contributed by atoms with Crippen molar-refractivity contribution in [3.8, 4) is 11.5 Å². The Kier molecular flexibility index (Phi) is 2.61. The van der Waals surface area contributed by atoms with E-state index in [2.05, 4.69) is 0 Å². The minimum absolute atomic E-state index is 0.0789. The molecule has 4 nitrogen and oxygen atoms in total. The third-order valence-corrected chi connectivity index (χ3v) is 4.58. The lowest BCUT2D eigenvalue weighted by Crippen LogP contribution is -2.50. The van der Waals surface area contributed by atoms with Crippen molar-refractivity contribution in [3.05, 3.63) is 23.3 Å². The van der Waals surface area contributed by atoms with Crippen LogP contribution in [-0.2, 0) is 14.9 Å². The van der Waals surface area contributed by atoms with Crippen LogP contribution in [-0.4, -0.2) is 30.2 Å². The fourth-order valence-corrected chi connectivity index (χ4v) is 3.23. The zero-order valence-electron chi connectivity index (χ0n) is 11.4. The van der Waals surface area contributed by atoms with Gasteiger partial charge in [0.15, 0.2) is 0 Å². The van der Waals surface area contributed by atoms with Gasteiger partial charge in [0.05, 0.1) is 17.1 Å². The summed E-state index contributed by atoms with van der Waals surface area (Å²) >= 11 is 0. The van der Waals surface area contributed by atoms with Gasteiger partial charge in [-0.05, 0) is 25.5 Å². The molecule has 4 heteroatoms. The average molecular weight is 262 g/mol. The number of methoxy groups -OCH3 is 1. The van der Waals surface area contributed by atoms with Gasteiger partial charge in [0, 0.05) is 20.0 Å². The van der Waals surface area contributed by atoms with Gasteiger partial charge in [-0.2, -0.15) is 0 Å². The second-order valence-corrected chi connectivity index (χ2v) is 5.63. The van der Waals surface area contributed by atoms with Crippen molar-refractivity contribution >= 4 is 5.78 Å². The molecule has 1 aromatic carbocycles. The van der Waals surface area contributed by atoms with E-state index in [0.717, 1.165) is 5.56 Å². The Labute approximate surface area is 112 Å². The van der Waals surface area contributed by atoms with Crippen LogP contribution in [0.5, 0.6) is 11.5 Å². The number of rotatable bonds is 1. The van der Waals surface area contributed by atoms with Crippen LogP contribution in [0, 0.1) is 6.92 Å². The van der Waals surface area contributed by atoms with Crippen molar-refractivity contribution in [2.75, 3.05) is 7.11 Å². The van der Waals surface area contributed by atoms with Crippen LogP contribution in [0.4, 0.5) is 0 Å². The monoisotopic (exact) mass is 262 g/mol. The molecule has 0 unspecified atom stereocenters. The molecule has 0 saturated heterocycles. The number of hydrogen-bond donors (Lipinski definition) is 1. The maximum Gasteiger partial charge on any atom is 0.149 e. The summed E-state index contributed by atoms with van der Waals surface area (Å²) in [6, 6.07) is 3.65. The number of benzene rings is 1. The quantitative estimate of drug-likeness (QED) is 0.842. The van der Waals surface area contributed by atoms with Crippen LogP contribution < -0.4 is 4.74 Å². The van der Waals surface area contributed by atoms with Crippen molar-refractivity contribution in [2.24, 2.45) is 0 Å². The predicted octanol–water partition coefficient (Wildman–Crippen LogP) is 2.10. The van der Waals surface area contributed by atoms with E-state index >= 15 is 0 Å². The van der Waals surface area contributed by atoms with E-state index in [1.807, 2.05) is 26.0 Å². The number of fused-ring (bicyclic) bond motifs is 3. The highest BCUT2D eigenvalue weighted by Gasteiger charge is 2.56. The Morgan fingerprint density at radius 3 is 2.89 bits per heavy atom. The fourth-order valence-electron chi connectivity index (χ4n) is 3.23. The summed E-state index contributed by atoms with van der Waals surface area (Å²) in [5, 5.41) is 10.3. The van der Waals surface area contributed by atoms with Gasteiger partial charge < -0.3 is 14.6 Å². The van der Waals surface area contributed by atoms with Gasteiger partial charge in [-0.1, -0.05) is 6.07 Å². The maximum atomic E-state index is 12.5. The van der Waals surface area contributed by atoms with E-state index in [1.54, 1.807) is 7.11 Å². The first-order chi connectivity index (χ1) is 8.98. The zero-order chi connectivity index (χ0) is 13.8. The molecule has 1 aliphatic carbocycles. The molecule has 1 aliphatic heterocycles. The average Bonchev–Trinajstić information content (AvgIpc) is 2.68. The number of hydrogen-bond acceptors (Lipinski definition) is 4. The Hall–Kier alpha value is -1.55. The summed E-state index contributed by atoms with van der Waals surface area (Å²) in [4.78, 5) is 12.5. The van der Waals surface area contributed by atoms with E-state index in [1.165, 1.54) is 0 Å². The number of carbonyl (C=O) groups is 1. The van der Waals surface area contributed by atoms with Crippen molar-refractivity contribution in [1.82, 2.24) is 0 Å². The number of Topliss-reactive ketones (excluding diaryl/α,β-unsaturated/α-hetero) is 1. The minimum atomic E-state index is -0.750. The third kappa shape index (κ3) is 1.53. The molecule has 1 N–H and O–H groups in total. The van der Waals surface area contributed by atoms with Crippen LogP contribution >= 0.6 is 0 Å². The zero-order valence-corrected chi connectivity index (χ0v) is 11.4. The van der Waals surface area contributed by atoms with E-state index < -0.39 is 5.41 Å². The Morgan fingerprint density at radius 2 is 2.21 bits per heavy atom. The first-order valence-electron chi connectivity index (χ1n) is 6.54. The third-order valence-electron chi connectivity index (χ3n) is 4.58. The molecule has 1 saturated carbocycles. The highest BCUT2D eigenvalue weighted by molar-refractivity contribution is 5.94. The van der Waals surface area contributed by atoms with E-state index in [4.69, 9.17) is 9.47 Å². The summed E-state index contributed by atoms with van der Waals surface area (Å²) in [5.74, 6) is 0.891. The van der Waals surface area contributed by atoms with Gasteiger partial charge in [-0.3, -0.25) is 4.79 Å². The molecular formula is C15H18O4. The van der Waals surface area contributed by atoms with Gasteiger partial charge in [-0.25, -0.2) is 0 Å². The molecule has 0 bridgehead atoms. The molecule has 1 heterocycles. The largest absolute Gasteiger partial charge is 0.507 e. The Bertz CT molecular complexity index is 551. The first kappa shape index (κ1) is 12.5. The number of aromatic hydroxyl groups is 1. The summed E-state index contributed by atoms with van der Waals surface area (Å²) in [6.45, 7) is 3.70. The highest BCUT2D eigenvalue weighted by atomic mass is 16.5. The topological polar surface area (TPSA) is 55.8 Å². The van der Waals surface area contributed by atoms with Crippen LogP contribution in [0.3, 0.4) is 0 Å². The normalized spacial score (nSPS) is 32.7. The van der Waals surface area contributed by atoms with Gasteiger partial charge in [-0.15, -0.1) is 0 Å². The molecule has 0 aromatic heterocycles. The van der Waals surface area contributed by atoms with Crippen LogP contribution in [0.15, 0.2) is 12.1 Å². The van der Waals surface area contributed by atoms with Crippen molar-refractivity contribution < 1.29 is 19.4 Å². The van der Waals surface area contributed by atoms with Crippen molar-refractivity contribution in [2.45, 2.75) is 44.3 Å². The minimum Gasteiger partial charge on any atom is -0.507 e. The van der Waals surface area contributed by atoms with E-state index in [-0.39, 0.29) is 23.7 Å². The van der Waals surface area contributed by atoms with Gasteiger partial charge in [0.2, 0.25) is 0 Å². The van der Waals surface area contributed by atoms with E-state index in [0.29, 0.717) is 24.2 Å². The number of phenolic OH excluding ortho intramolecular Hbond substituents is 1.